The first-order valence-corrected chi connectivity index (χ1v) is 8.09. The van der Waals surface area contributed by atoms with Gasteiger partial charge in [0.2, 0.25) is 0 Å². The van der Waals surface area contributed by atoms with Gasteiger partial charge in [0.15, 0.2) is 0 Å². The number of benzene rings is 1. The lowest BCUT2D eigenvalue weighted by Crippen LogP contribution is -2.39. The Kier molecular flexibility index (Phi) is 5.56. The zero-order chi connectivity index (χ0) is 13.4. The molecule has 0 spiro atoms. The van der Waals surface area contributed by atoms with Gasteiger partial charge >= 0.3 is 0 Å². The Morgan fingerprint density at radius 2 is 2.05 bits per heavy atom. The number of halogens is 3. The number of hydrogen-bond donors (Lipinski definition) is 1. The van der Waals surface area contributed by atoms with E-state index in [1.807, 2.05) is 17.0 Å². The Morgan fingerprint density at radius 1 is 1.30 bits per heavy atom. The van der Waals surface area contributed by atoms with Gasteiger partial charge in [0.05, 0.1) is 5.02 Å². The van der Waals surface area contributed by atoms with Crippen LogP contribution in [0.4, 0.5) is 0 Å². The van der Waals surface area contributed by atoms with Crippen molar-refractivity contribution in [1.82, 2.24) is 10.2 Å². The summed E-state index contributed by atoms with van der Waals surface area (Å²) in [4.78, 5) is 14.5. The summed E-state index contributed by atoms with van der Waals surface area (Å²) in [5.41, 5.74) is 0.697. The van der Waals surface area contributed by atoms with Crippen molar-refractivity contribution in [2.75, 3.05) is 13.1 Å². The molecule has 0 aromatic heterocycles. The molecule has 2 saturated heterocycles. The lowest BCUT2D eigenvalue weighted by Gasteiger charge is -2.24. The second kappa shape index (κ2) is 6.81. The standard InChI is InChI=1S/C14H16ClIN2O.ClH/c15-12-7-9(1-4-13(12)16)14(19)18-6-5-10-2-3-11(8-18)17-10;/h1,4,7,10-11,17H,2-3,5-6,8H2;1H. The molecule has 1 N–H and O–H groups in total. The van der Waals surface area contributed by atoms with Gasteiger partial charge < -0.3 is 10.2 Å². The van der Waals surface area contributed by atoms with Crippen LogP contribution < -0.4 is 5.32 Å². The van der Waals surface area contributed by atoms with E-state index in [0.717, 1.165) is 23.1 Å². The van der Waals surface area contributed by atoms with Crippen molar-refractivity contribution in [2.24, 2.45) is 0 Å². The highest BCUT2D eigenvalue weighted by Gasteiger charge is 2.31. The minimum atomic E-state index is 0. The van der Waals surface area contributed by atoms with Crippen LogP contribution in [0.5, 0.6) is 0 Å². The van der Waals surface area contributed by atoms with Crippen LogP contribution in [0.2, 0.25) is 5.02 Å². The Hall–Kier alpha value is -0.0400. The quantitative estimate of drug-likeness (QED) is 0.698. The summed E-state index contributed by atoms with van der Waals surface area (Å²) in [5, 5.41) is 4.24. The number of likely N-dealkylation sites (tertiary alicyclic amines) is 1. The van der Waals surface area contributed by atoms with Crippen molar-refractivity contribution in [2.45, 2.75) is 31.3 Å². The molecule has 2 bridgehead atoms. The maximum absolute atomic E-state index is 12.5. The molecule has 1 amide bonds. The molecule has 0 saturated carbocycles. The van der Waals surface area contributed by atoms with Crippen molar-refractivity contribution in [1.29, 1.82) is 0 Å². The average molecular weight is 427 g/mol. The number of amides is 1. The van der Waals surface area contributed by atoms with E-state index in [4.69, 9.17) is 11.6 Å². The number of rotatable bonds is 1. The number of hydrogen-bond acceptors (Lipinski definition) is 2. The first-order chi connectivity index (χ1) is 9.13. The maximum atomic E-state index is 12.5. The SMILES string of the molecule is Cl.O=C(c1ccc(I)c(Cl)c1)N1CCC2CCC(C1)N2. The van der Waals surface area contributed by atoms with E-state index >= 15 is 0 Å². The van der Waals surface area contributed by atoms with E-state index < -0.39 is 0 Å². The van der Waals surface area contributed by atoms with Crippen molar-refractivity contribution < 1.29 is 4.79 Å². The maximum Gasteiger partial charge on any atom is 0.253 e. The molecule has 2 heterocycles. The van der Waals surface area contributed by atoms with Gasteiger partial charge in [0, 0.05) is 34.3 Å². The highest BCUT2D eigenvalue weighted by atomic mass is 127. The molecule has 1 aromatic carbocycles. The molecule has 2 aliphatic rings. The average Bonchev–Trinajstić information content (AvgIpc) is 2.72. The Bertz CT molecular complexity index is 512. The summed E-state index contributed by atoms with van der Waals surface area (Å²) in [6, 6.07) is 6.62. The summed E-state index contributed by atoms with van der Waals surface area (Å²) >= 11 is 8.27. The van der Waals surface area contributed by atoms with Crippen LogP contribution in [0.1, 0.15) is 29.6 Å². The molecule has 110 valence electrons. The molecule has 2 fully saturated rings. The van der Waals surface area contributed by atoms with Gasteiger partial charge in [0.25, 0.3) is 5.91 Å². The van der Waals surface area contributed by atoms with Gasteiger partial charge in [-0.15, -0.1) is 12.4 Å². The van der Waals surface area contributed by atoms with Gasteiger partial charge in [-0.1, -0.05) is 11.6 Å². The molecule has 20 heavy (non-hydrogen) atoms. The Labute approximate surface area is 144 Å². The lowest BCUT2D eigenvalue weighted by molar-refractivity contribution is 0.0748. The molecular weight excluding hydrogens is 410 g/mol. The third kappa shape index (κ3) is 3.40. The predicted molar refractivity (Wildman–Crippen MR) is 91.9 cm³/mol. The summed E-state index contributed by atoms with van der Waals surface area (Å²) in [6.45, 7) is 1.66. The third-order valence-corrected chi connectivity index (χ3v) is 5.55. The zero-order valence-electron chi connectivity index (χ0n) is 10.9. The molecule has 3 nitrogen and oxygen atoms in total. The Balaban J connectivity index is 0.00000147. The van der Waals surface area contributed by atoms with Gasteiger partial charge in [-0.3, -0.25) is 4.79 Å². The van der Waals surface area contributed by atoms with Crippen LogP contribution in [0.3, 0.4) is 0 Å². The van der Waals surface area contributed by atoms with Gasteiger partial charge in [-0.2, -0.15) is 0 Å². The van der Waals surface area contributed by atoms with E-state index in [9.17, 15) is 4.79 Å². The fourth-order valence-electron chi connectivity index (χ4n) is 2.94. The summed E-state index contributed by atoms with van der Waals surface area (Å²) < 4.78 is 0.979. The van der Waals surface area contributed by atoms with Crippen molar-refractivity contribution in [3.63, 3.8) is 0 Å². The van der Waals surface area contributed by atoms with Crippen LogP contribution in [0.15, 0.2) is 18.2 Å². The molecule has 2 unspecified atom stereocenters. The van der Waals surface area contributed by atoms with E-state index in [1.165, 1.54) is 12.8 Å². The second-order valence-corrected chi connectivity index (χ2v) is 6.88. The summed E-state index contributed by atoms with van der Waals surface area (Å²) in [7, 11) is 0. The van der Waals surface area contributed by atoms with E-state index in [-0.39, 0.29) is 18.3 Å². The predicted octanol–water partition coefficient (Wildman–Crippen LogP) is 3.33. The molecule has 6 heteroatoms. The highest BCUT2D eigenvalue weighted by molar-refractivity contribution is 14.1. The van der Waals surface area contributed by atoms with E-state index in [1.54, 1.807) is 6.07 Å². The minimum absolute atomic E-state index is 0. The molecule has 2 aliphatic heterocycles. The molecule has 3 rings (SSSR count). The van der Waals surface area contributed by atoms with Gasteiger partial charge in [0.1, 0.15) is 0 Å². The molecule has 0 radical (unpaired) electrons. The van der Waals surface area contributed by atoms with Crippen LogP contribution in [-0.2, 0) is 0 Å². The van der Waals surface area contributed by atoms with E-state index in [0.29, 0.717) is 22.7 Å². The van der Waals surface area contributed by atoms with E-state index in [2.05, 4.69) is 27.9 Å². The summed E-state index contributed by atoms with van der Waals surface area (Å²) in [6.07, 6.45) is 3.49. The fourth-order valence-corrected chi connectivity index (χ4v) is 3.46. The van der Waals surface area contributed by atoms with Crippen LogP contribution >= 0.6 is 46.6 Å². The highest BCUT2D eigenvalue weighted by Crippen LogP contribution is 2.24. The topological polar surface area (TPSA) is 32.3 Å². The number of fused-ring (bicyclic) bond motifs is 2. The minimum Gasteiger partial charge on any atom is -0.337 e. The first-order valence-electron chi connectivity index (χ1n) is 6.64. The molecular formula is C14H17Cl2IN2O. The number of nitrogens with zero attached hydrogens (tertiary/aromatic N) is 1. The van der Waals surface area contributed by atoms with Gasteiger partial charge in [-0.25, -0.2) is 0 Å². The summed E-state index contributed by atoms with van der Waals surface area (Å²) in [5.74, 6) is 0.104. The smallest absolute Gasteiger partial charge is 0.253 e. The number of carbonyl (C=O) groups excluding carboxylic acids is 1. The number of carbonyl (C=O) groups is 1. The van der Waals surface area contributed by atoms with Gasteiger partial charge in [-0.05, 0) is 60.1 Å². The zero-order valence-corrected chi connectivity index (χ0v) is 14.7. The Morgan fingerprint density at radius 3 is 2.80 bits per heavy atom. The molecule has 2 atom stereocenters. The first kappa shape index (κ1) is 16.3. The normalized spacial score (nSPS) is 25.0. The van der Waals surface area contributed by atoms with Crippen LogP contribution in [-0.4, -0.2) is 36.0 Å². The fraction of sp³-hybridized carbons (Fsp3) is 0.500. The molecule has 1 aromatic rings. The largest absolute Gasteiger partial charge is 0.337 e. The molecule has 0 aliphatic carbocycles. The van der Waals surface area contributed by atoms with Crippen molar-refractivity contribution in [3.05, 3.63) is 32.4 Å². The third-order valence-electron chi connectivity index (χ3n) is 3.98. The number of nitrogens with one attached hydrogen (secondary N) is 1. The lowest BCUT2D eigenvalue weighted by atomic mass is 10.1. The van der Waals surface area contributed by atoms with Crippen LogP contribution in [0.25, 0.3) is 0 Å². The van der Waals surface area contributed by atoms with Crippen LogP contribution in [0, 0.1) is 3.57 Å². The van der Waals surface area contributed by atoms with Crippen molar-refractivity contribution >= 4 is 52.5 Å². The van der Waals surface area contributed by atoms with Crippen molar-refractivity contribution in [3.8, 4) is 0 Å². The monoisotopic (exact) mass is 426 g/mol. The second-order valence-electron chi connectivity index (χ2n) is 5.31.